The summed E-state index contributed by atoms with van der Waals surface area (Å²) >= 11 is 0. The fourth-order valence-electron chi connectivity index (χ4n) is 4.87. The van der Waals surface area contributed by atoms with E-state index >= 15 is 0 Å². The van der Waals surface area contributed by atoms with E-state index < -0.39 is 11.9 Å². The molecule has 0 spiro atoms. The Morgan fingerprint density at radius 2 is 0.851 bits per heavy atom. The van der Waals surface area contributed by atoms with Crippen molar-refractivity contribution in [2.75, 3.05) is 10.6 Å². The number of aryl methyl sites for hydroxylation is 2. The minimum absolute atomic E-state index is 0. The minimum atomic E-state index is -0.990. The van der Waals surface area contributed by atoms with E-state index in [0.29, 0.717) is 24.2 Å². The van der Waals surface area contributed by atoms with Crippen molar-refractivity contribution in [2.24, 2.45) is 0 Å². The molecule has 2 aromatic heterocycles. The van der Waals surface area contributed by atoms with Gasteiger partial charge in [-0.2, -0.15) is 0 Å². The molecule has 2 aromatic carbocycles. The van der Waals surface area contributed by atoms with Crippen LogP contribution in [0.5, 0.6) is 0 Å². The van der Waals surface area contributed by atoms with Gasteiger partial charge in [0.05, 0.1) is 0 Å². The molecule has 2 N–H and O–H groups in total. The van der Waals surface area contributed by atoms with Crippen molar-refractivity contribution < 1.29 is 29.4 Å². The second kappa shape index (κ2) is 22.6. The van der Waals surface area contributed by atoms with Crippen molar-refractivity contribution >= 4 is 72.9 Å². The van der Waals surface area contributed by atoms with Crippen LogP contribution in [0.4, 0.5) is 11.4 Å². The number of aliphatic carboxylic acids is 2. The molecule has 0 unspecified atom stereocenters. The van der Waals surface area contributed by atoms with Crippen LogP contribution in [0.2, 0.25) is 0 Å². The monoisotopic (exact) mass is 666 g/mol. The number of carboxylic acids is 2. The number of anilines is 2. The largest absolute Gasteiger partial charge is 2.00 e. The Hall–Kier alpha value is -3.86. The number of nitrogens with one attached hydrogen (secondary N) is 2. The molecule has 47 heavy (non-hydrogen) atoms. The van der Waals surface area contributed by atoms with Gasteiger partial charge in [0.2, 0.25) is 0 Å². The van der Waals surface area contributed by atoms with E-state index in [1.54, 1.807) is 12.1 Å². The number of hydrogen-bond acceptors (Lipinski definition) is 6. The average molecular weight is 667 g/mol. The van der Waals surface area contributed by atoms with Crippen molar-refractivity contribution in [3.8, 4) is 0 Å². The van der Waals surface area contributed by atoms with E-state index in [-0.39, 0.29) is 62.4 Å². The zero-order chi connectivity index (χ0) is 33.0. The van der Waals surface area contributed by atoms with Crippen molar-refractivity contribution in [3.63, 3.8) is 0 Å². The Labute approximate surface area is 306 Å². The fourth-order valence-corrected chi connectivity index (χ4v) is 4.87. The van der Waals surface area contributed by atoms with Crippen LogP contribution >= 0.6 is 0 Å². The second-order valence-corrected chi connectivity index (χ2v) is 10.9. The average Bonchev–Trinajstić information content (AvgIpc) is 3.72. The fraction of sp³-hybridized carbons (Fsp3) is 0.333. The number of benzene rings is 2. The summed E-state index contributed by atoms with van der Waals surface area (Å²) in [6.07, 6.45) is 10.7. The molecule has 0 saturated heterocycles. The third-order valence-corrected chi connectivity index (χ3v) is 7.25. The third kappa shape index (κ3) is 15.5. The van der Waals surface area contributed by atoms with Gasteiger partial charge in [0.1, 0.15) is 11.4 Å². The first-order chi connectivity index (χ1) is 22.3. The summed E-state index contributed by atoms with van der Waals surface area (Å²) in [5.41, 5.74) is 2.80. The number of para-hydroxylation sites is 2. The van der Waals surface area contributed by atoms with Gasteiger partial charge in [-0.25, -0.2) is 0 Å². The number of aromatic nitrogens is 2. The minimum Gasteiger partial charge on any atom is -0.550 e. The molecular weight excluding hydrogens is 624 g/mol. The quantitative estimate of drug-likeness (QED) is 0.118. The normalized spacial score (nSPS) is 10.2. The molecule has 0 atom stereocenters. The van der Waals surface area contributed by atoms with Crippen molar-refractivity contribution in [1.82, 2.24) is 9.13 Å². The van der Waals surface area contributed by atoms with Crippen LogP contribution in [0.1, 0.15) is 85.2 Å². The van der Waals surface area contributed by atoms with Crippen LogP contribution in [0.25, 0.3) is 0 Å². The maximum Gasteiger partial charge on any atom is 2.00 e. The summed E-state index contributed by atoms with van der Waals surface area (Å²) < 4.78 is 3.86. The molecule has 10 nitrogen and oxygen atoms in total. The molecule has 2 heterocycles. The number of nitrogens with zero attached hydrogens (tertiary/aromatic N) is 2. The summed E-state index contributed by atoms with van der Waals surface area (Å²) in [6.45, 7) is 1.49. The van der Waals surface area contributed by atoms with E-state index in [1.807, 2.05) is 94.3 Å². The van der Waals surface area contributed by atoms with Gasteiger partial charge in [-0.15, -0.1) is 0 Å². The summed E-state index contributed by atoms with van der Waals surface area (Å²) in [5, 5.41) is 26.4. The van der Waals surface area contributed by atoms with Gasteiger partial charge in [-0.3, -0.25) is 9.59 Å². The third-order valence-electron chi connectivity index (χ3n) is 7.25. The van der Waals surface area contributed by atoms with E-state index in [2.05, 4.69) is 10.6 Å². The van der Waals surface area contributed by atoms with E-state index in [1.165, 1.54) is 0 Å². The van der Waals surface area contributed by atoms with Crippen molar-refractivity contribution in [1.29, 1.82) is 0 Å². The predicted molar refractivity (Wildman–Crippen MR) is 180 cm³/mol. The van der Waals surface area contributed by atoms with Crippen LogP contribution in [-0.2, 0) is 22.7 Å². The Morgan fingerprint density at radius 1 is 0.489 bits per heavy atom. The number of carbonyl (C=O) groups is 4. The Morgan fingerprint density at radius 3 is 1.21 bits per heavy atom. The standard InChI is InChI=1S/2C18H22N2O3.Ca/c2*21-17(22)12-6-1-2-7-13-20-14-8-11-16(20)18(23)19-15-9-4-3-5-10-15;/h2*3-5,8-11,14H,1-2,6-7,12-13H2,(H,19,23)(H,21,22);/q;;+2/p-2. The molecule has 4 aromatic rings. The van der Waals surface area contributed by atoms with Gasteiger partial charge < -0.3 is 39.6 Å². The smallest absolute Gasteiger partial charge is 0.550 e. The Balaban J connectivity index is 0.000000320. The van der Waals surface area contributed by atoms with E-state index in [9.17, 15) is 29.4 Å². The molecule has 0 radical (unpaired) electrons. The van der Waals surface area contributed by atoms with Gasteiger partial charge in [0.15, 0.2) is 0 Å². The van der Waals surface area contributed by atoms with Gasteiger partial charge >= 0.3 is 37.7 Å². The first-order valence-corrected chi connectivity index (χ1v) is 15.8. The van der Waals surface area contributed by atoms with Gasteiger partial charge in [-0.05, 0) is 87.1 Å². The van der Waals surface area contributed by atoms with Crippen LogP contribution < -0.4 is 20.8 Å². The van der Waals surface area contributed by atoms with Crippen LogP contribution in [0.3, 0.4) is 0 Å². The Kier molecular flexibility index (Phi) is 18.9. The predicted octanol–water partition coefficient (Wildman–Crippen LogP) is 4.50. The number of amides is 2. The molecule has 0 bridgehead atoms. The van der Waals surface area contributed by atoms with Crippen molar-refractivity contribution in [3.05, 3.63) is 109 Å². The summed E-state index contributed by atoms with van der Waals surface area (Å²) in [4.78, 5) is 45.3. The molecule has 2 amide bonds. The second-order valence-electron chi connectivity index (χ2n) is 10.9. The van der Waals surface area contributed by atoms with Crippen LogP contribution in [0, 0.1) is 0 Å². The topological polar surface area (TPSA) is 148 Å². The molecule has 0 fully saturated rings. The van der Waals surface area contributed by atoms with Gasteiger partial charge in [-0.1, -0.05) is 62.1 Å². The zero-order valence-electron chi connectivity index (χ0n) is 26.8. The molecular formula is C36H42CaN4O6. The molecule has 0 aliphatic carbocycles. The maximum absolute atomic E-state index is 12.3. The molecule has 0 aliphatic heterocycles. The molecule has 4 rings (SSSR count). The van der Waals surface area contributed by atoms with Gasteiger partial charge in [0.25, 0.3) is 11.8 Å². The summed E-state index contributed by atoms with van der Waals surface area (Å²) in [6, 6.07) is 26.0. The number of carbonyl (C=O) groups excluding carboxylic acids is 4. The van der Waals surface area contributed by atoms with Crippen LogP contribution in [0.15, 0.2) is 97.3 Å². The van der Waals surface area contributed by atoms with Crippen molar-refractivity contribution in [2.45, 2.75) is 77.3 Å². The molecule has 11 heteroatoms. The molecule has 244 valence electrons. The first kappa shape index (κ1) is 39.3. The maximum atomic E-state index is 12.3. The first-order valence-electron chi connectivity index (χ1n) is 15.8. The number of unbranched alkanes of at least 4 members (excludes halogenated alkanes) is 6. The zero-order valence-corrected chi connectivity index (χ0v) is 29.0. The van der Waals surface area contributed by atoms with E-state index in [0.717, 1.165) is 63.0 Å². The molecule has 0 aliphatic rings. The number of hydrogen-bond donors (Lipinski definition) is 2. The van der Waals surface area contributed by atoms with Gasteiger partial charge in [0, 0.05) is 48.8 Å². The van der Waals surface area contributed by atoms with E-state index in [4.69, 9.17) is 0 Å². The summed E-state index contributed by atoms with van der Waals surface area (Å²) in [5.74, 6) is -2.23. The SMILES string of the molecule is O=C([O-])CCCCCCn1cccc1C(=O)Nc1ccccc1.O=C([O-])CCCCCCn1cccc1C(=O)Nc1ccccc1.[Ca+2]. The van der Waals surface area contributed by atoms with Crippen LogP contribution in [-0.4, -0.2) is 70.6 Å². The summed E-state index contributed by atoms with van der Waals surface area (Å²) in [7, 11) is 0. The Bertz CT molecular complexity index is 1390. The number of carboxylic acid groups (broad SMARTS) is 2. The number of rotatable bonds is 18. The molecule has 0 saturated carbocycles.